The Kier molecular flexibility index (Phi) is 2.19. The Balaban J connectivity index is 1.65. The molecular weight excluding hydrogens is 224 g/mol. The first kappa shape index (κ1) is 11.3. The summed E-state index contributed by atoms with van der Waals surface area (Å²) in [4.78, 5) is 11.4. The van der Waals surface area contributed by atoms with Crippen molar-refractivity contribution in [1.29, 1.82) is 0 Å². The largest absolute Gasteiger partial charge is 0.353 e. The van der Waals surface area contributed by atoms with Crippen molar-refractivity contribution >= 4 is 5.91 Å². The zero-order valence-electron chi connectivity index (χ0n) is 11.3. The molecule has 4 saturated carbocycles. The molecule has 4 bridgehead atoms. The molecule has 1 unspecified atom stereocenters. The lowest BCUT2D eigenvalue weighted by Gasteiger charge is -2.64. The first-order valence-electron chi connectivity index (χ1n) is 7.60. The molecule has 2 N–H and O–H groups in total. The minimum atomic E-state index is 0.136. The number of amides is 1. The van der Waals surface area contributed by atoms with Gasteiger partial charge in [-0.25, -0.2) is 0 Å². The van der Waals surface area contributed by atoms with Gasteiger partial charge in [-0.15, -0.1) is 0 Å². The molecule has 0 aromatic carbocycles. The molecule has 1 saturated heterocycles. The summed E-state index contributed by atoms with van der Waals surface area (Å²) >= 11 is 0. The molecule has 0 aromatic heterocycles. The molecule has 1 aliphatic heterocycles. The van der Waals surface area contributed by atoms with E-state index in [0.29, 0.717) is 12.0 Å². The number of nitrogens with one attached hydrogen (secondary N) is 2. The smallest absolute Gasteiger partial charge is 0.234 e. The molecule has 0 aromatic rings. The van der Waals surface area contributed by atoms with Crippen LogP contribution in [0.25, 0.3) is 0 Å². The Morgan fingerprint density at radius 1 is 1.06 bits per heavy atom. The Hall–Kier alpha value is -0.570. The summed E-state index contributed by atoms with van der Waals surface area (Å²) in [6, 6.07) is 0. The van der Waals surface area contributed by atoms with E-state index in [1.165, 1.54) is 38.5 Å². The molecule has 5 rings (SSSR count). The third kappa shape index (κ3) is 1.43. The summed E-state index contributed by atoms with van der Waals surface area (Å²) in [7, 11) is 0. The summed E-state index contributed by atoms with van der Waals surface area (Å²) in [6.45, 7) is 3.70. The van der Waals surface area contributed by atoms with Crippen LogP contribution in [0, 0.1) is 23.2 Å². The highest BCUT2D eigenvalue weighted by atomic mass is 16.2. The summed E-state index contributed by atoms with van der Waals surface area (Å²) < 4.78 is 0. The molecule has 1 atom stereocenters. The molecule has 18 heavy (non-hydrogen) atoms. The van der Waals surface area contributed by atoms with Crippen LogP contribution in [0.15, 0.2) is 0 Å². The van der Waals surface area contributed by atoms with E-state index in [9.17, 15) is 4.79 Å². The maximum Gasteiger partial charge on any atom is 0.234 e. The third-order valence-electron chi connectivity index (χ3n) is 6.49. The van der Waals surface area contributed by atoms with E-state index in [2.05, 4.69) is 17.6 Å². The Bertz CT molecular complexity index is 345. The van der Waals surface area contributed by atoms with Crippen molar-refractivity contribution in [3.05, 3.63) is 0 Å². The van der Waals surface area contributed by atoms with E-state index in [0.717, 1.165) is 24.3 Å². The van der Waals surface area contributed by atoms with Crippen LogP contribution in [0.5, 0.6) is 0 Å². The monoisotopic (exact) mass is 248 g/mol. The van der Waals surface area contributed by atoms with Crippen molar-refractivity contribution in [3.8, 4) is 0 Å². The van der Waals surface area contributed by atoms with Gasteiger partial charge in [0.15, 0.2) is 0 Å². The lowest BCUT2D eigenvalue weighted by Crippen LogP contribution is -2.70. The van der Waals surface area contributed by atoms with Crippen LogP contribution < -0.4 is 10.6 Å². The van der Waals surface area contributed by atoms with Crippen molar-refractivity contribution in [2.45, 2.75) is 51.0 Å². The van der Waals surface area contributed by atoms with E-state index in [4.69, 9.17) is 0 Å². The van der Waals surface area contributed by atoms with Gasteiger partial charge in [-0.1, -0.05) is 0 Å². The molecule has 100 valence electrons. The van der Waals surface area contributed by atoms with Gasteiger partial charge in [0.2, 0.25) is 5.91 Å². The molecule has 0 spiro atoms. The van der Waals surface area contributed by atoms with Crippen LogP contribution in [0.3, 0.4) is 0 Å². The highest BCUT2D eigenvalue weighted by Gasteiger charge is 2.59. The van der Waals surface area contributed by atoms with Gasteiger partial charge < -0.3 is 10.6 Å². The second-order valence-electron chi connectivity index (χ2n) is 7.66. The van der Waals surface area contributed by atoms with E-state index < -0.39 is 0 Å². The first-order chi connectivity index (χ1) is 8.59. The van der Waals surface area contributed by atoms with Gasteiger partial charge in [0, 0.05) is 12.1 Å². The minimum Gasteiger partial charge on any atom is -0.353 e. The average Bonchev–Trinajstić information content (AvgIpc) is 2.31. The topological polar surface area (TPSA) is 41.1 Å². The number of carbonyl (C=O) groups excluding carboxylic acids is 1. The van der Waals surface area contributed by atoms with E-state index in [-0.39, 0.29) is 11.4 Å². The standard InChI is InChI=1S/C15H24N2O/c1-14(9-16-13(18)8-17-14)15-5-10-2-11(6-15)4-12(3-10)7-15/h10-12,17H,2-9H2,1H3,(H,16,18). The quantitative estimate of drug-likeness (QED) is 0.741. The second kappa shape index (κ2) is 3.50. The first-order valence-corrected chi connectivity index (χ1v) is 7.60. The van der Waals surface area contributed by atoms with Crippen LogP contribution in [-0.2, 0) is 4.79 Å². The molecule has 1 amide bonds. The Labute approximate surface area is 109 Å². The van der Waals surface area contributed by atoms with Gasteiger partial charge in [0.25, 0.3) is 0 Å². The zero-order chi connectivity index (χ0) is 12.4. The fraction of sp³-hybridized carbons (Fsp3) is 0.933. The number of piperazine rings is 1. The number of hydrogen-bond donors (Lipinski definition) is 2. The number of carbonyl (C=O) groups is 1. The van der Waals surface area contributed by atoms with Gasteiger partial charge in [-0.05, 0) is 68.6 Å². The summed E-state index contributed by atoms with van der Waals surface area (Å²) in [5, 5.41) is 6.69. The predicted octanol–water partition coefficient (Wildman–Crippen LogP) is 1.68. The van der Waals surface area contributed by atoms with Crippen LogP contribution in [0.1, 0.15) is 45.4 Å². The SMILES string of the molecule is CC1(C23CC4CC(CC(C4)C2)C3)CNC(=O)CN1. The fourth-order valence-electron chi connectivity index (χ4n) is 5.84. The minimum absolute atomic E-state index is 0.136. The highest BCUT2D eigenvalue weighted by Crippen LogP contribution is 2.63. The van der Waals surface area contributed by atoms with E-state index >= 15 is 0 Å². The van der Waals surface area contributed by atoms with E-state index in [1.807, 2.05) is 0 Å². The van der Waals surface area contributed by atoms with Crippen LogP contribution in [-0.4, -0.2) is 24.5 Å². The van der Waals surface area contributed by atoms with Gasteiger partial charge >= 0.3 is 0 Å². The molecule has 4 aliphatic carbocycles. The highest BCUT2D eigenvalue weighted by molar-refractivity contribution is 5.79. The molecule has 3 nitrogen and oxygen atoms in total. The lowest BCUT2D eigenvalue weighted by atomic mass is 9.44. The fourth-order valence-corrected chi connectivity index (χ4v) is 5.84. The van der Waals surface area contributed by atoms with Crippen molar-refractivity contribution in [1.82, 2.24) is 10.6 Å². The van der Waals surface area contributed by atoms with Crippen molar-refractivity contribution < 1.29 is 4.79 Å². The third-order valence-corrected chi connectivity index (χ3v) is 6.49. The van der Waals surface area contributed by atoms with Crippen molar-refractivity contribution in [3.63, 3.8) is 0 Å². The van der Waals surface area contributed by atoms with Crippen molar-refractivity contribution in [2.75, 3.05) is 13.1 Å². The summed E-state index contributed by atoms with van der Waals surface area (Å²) in [6.07, 6.45) is 8.67. The van der Waals surface area contributed by atoms with Gasteiger partial charge in [0.05, 0.1) is 6.54 Å². The van der Waals surface area contributed by atoms with Gasteiger partial charge in [-0.2, -0.15) is 0 Å². The predicted molar refractivity (Wildman–Crippen MR) is 70.0 cm³/mol. The molecule has 5 aliphatic rings. The number of rotatable bonds is 1. The Morgan fingerprint density at radius 3 is 2.06 bits per heavy atom. The molecule has 5 fully saturated rings. The molecular formula is C15H24N2O. The average molecular weight is 248 g/mol. The van der Waals surface area contributed by atoms with Crippen molar-refractivity contribution in [2.24, 2.45) is 23.2 Å². The lowest BCUT2D eigenvalue weighted by molar-refractivity contribution is -0.131. The second-order valence-corrected chi connectivity index (χ2v) is 7.66. The summed E-state index contributed by atoms with van der Waals surface area (Å²) in [5.74, 6) is 3.10. The maximum absolute atomic E-state index is 11.4. The maximum atomic E-state index is 11.4. The summed E-state index contributed by atoms with van der Waals surface area (Å²) in [5.41, 5.74) is 0.604. The van der Waals surface area contributed by atoms with E-state index in [1.54, 1.807) is 0 Å². The molecule has 1 heterocycles. The van der Waals surface area contributed by atoms with Gasteiger partial charge in [-0.3, -0.25) is 4.79 Å². The Morgan fingerprint density at radius 2 is 1.61 bits per heavy atom. The van der Waals surface area contributed by atoms with Crippen LogP contribution in [0.2, 0.25) is 0 Å². The molecule has 0 radical (unpaired) electrons. The van der Waals surface area contributed by atoms with Crippen LogP contribution in [0.4, 0.5) is 0 Å². The van der Waals surface area contributed by atoms with Crippen LogP contribution >= 0.6 is 0 Å². The normalized spacial score (nSPS) is 54.5. The number of hydrogen-bond acceptors (Lipinski definition) is 2. The zero-order valence-corrected chi connectivity index (χ0v) is 11.3. The van der Waals surface area contributed by atoms with Gasteiger partial charge in [0.1, 0.15) is 0 Å². The molecule has 3 heteroatoms.